The number of amides is 1. The van der Waals surface area contributed by atoms with E-state index in [-0.39, 0.29) is 5.91 Å². The molecule has 0 radical (unpaired) electrons. The molecule has 0 saturated heterocycles. The van der Waals surface area contributed by atoms with Gasteiger partial charge in [-0.3, -0.25) is 9.59 Å². The summed E-state index contributed by atoms with van der Waals surface area (Å²) in [6.45, 7) is 7.41. The lowest BCUT2D eigenvalue weighted by atomic mass is 9.83. The molecule has 0 aliphatic carbocycles. The van der Waals surface area contributed by atoms with Crippen molar-refractivity contribution >= 4 is 17.6 Å². The monoisotopic (exact) mass is 325 g/mol. The molecule has 0 aliphatic rings. The van der Waals surface area contributed by atoms with Crippen molar-refractivity contribution in [1.82, 2.24) is 0 Å². The Labute approximate surface area is 142 Å². The normalized spacial score (nSPS) is 12.5. The molecule has 0 aromatic heterocycles. The summed E-state index contributed by atoms with van der Waals surface area (Å²) in [5.74, 6) is -1.54. The molecule has 4 nitrogen and oxygen atoms in total. The van der Waals surface area contributed by atoms with E-state index in [1.165, 1.54) is 0 Å². The maximum atomic E-state index is 12.6. The third-order valence-corrected chi connectivity index (χ3v) is 4.38. The number of nitrogens with one attached hydrogen (secondary N) is 1. The first-order valence-electron chi connectivity index (χ1n) is 7.93. The number of benzene rings is 2. The predicted octanol–water partition coefficient (Wildman–Crippen LogP) is 4.10. The van der Waals surface area contributed by atoms with Gasteiger partial charge >= 0.3 is 5.97 Å². The number of rotatable bonds is 5. The SMILES string of the molecule is Cc1ccc(C(C)(C)C(=O)Nc2ccc(C(C)C(=O)O)cc2)cc1. The number of aliphatic carboxylic acids is 1. The van der Waals surface area contributed by atoms with Gasteiger partial charge in [0.15, 0.2) is 0 Å². The molecule has 0 bridgehead atoms. The lowest BCUT2D eigenvalue weighted by Gasteiger charge is -2.24. The molecule has 0 saturated carbocycles. The van der Waals surface area contributed by atoms with Crippen LogP contribution in [0.3, 0.4) is 0 Å². The second-order valence-corrected chi connectivity index (χ2v) is 6.63. The molecule has 1 unspecified atom stereocenters. The standard InChI is InChI=1S/C20H23NO3/c1-13-5-9-16(10-6-13)20(3,4)19(24)21-17-11-7-15(8-12-17)14(2)18(22)23/h5-12,14H,1-4H3,(H,21,24)(H,22,23). The molecular formula is C20H23NO3. The van der Waals surface area contributed by atoms with E-state index in [0.717, 1.165) is 11.1 Å². The summed E-state index contributed by atoms with van der Waals surface area (Å²) >= 11 is 0. The highest BCUT2D eigenvalue weighted by atomic mass is 16.4. The second kappa shape index (κ2) is 6.87. The van der Waals surface area contributed by atoms with E-state index in [4.69, 9.17) is 5.11 Å². The Morgan fingerprint density at radius 1 is 1.00 bits per heavy atom. The van der Waals surface area contributed by atoms with Crippen LogP contribution < -0.4 is 5.32 Å². The minimum Gasteiger partial charge on any atom is -0.481 e. The summed E-state index contributed by atoms with van der Waals surface area (Å²) in [4.78, 5) is 23.6. The van der Waals surface area contributed by atoms with Crippen LogP contribution in [0.5, 0.6) is 0 Å². The summed E-state index contributed by atoms with van der Waals surface area (Å²) in [5.41, 5.74) is 2.79. The van der Waals surface area contributed by atoms with Gasteiger partial charge < -0.3 is 10.4 Å². The number of carboxylic acids is 1. The zero-order valence-corrected chi connectivity index (χ0v) is 14.5. The Morgan fingerprint density at radius 3 is 2.04 bits per heavy atom. The lowest BCUT2D eigenvalue weighted by molar-refractivity contribution is -0.138. The zero-order chi connectivity index (χ0) is 17.9. The smallest absolute Gasteiger partial charge is 0.310 e. The first kappa shape index (κ1) is 17.7. The number of carboxylic acid groups (broad SMARTS) is 1. The van der Waals surface area contributed by atoms with Gasteiger partial charge in [0.2, 0.25) is 5.91 Å². The van der Waals surface area contributed by atoms with Crippen molar-refractivity contribution in [2.75, 3.05) is 5.32 Å². The van der Waals surface area contributed by atoms with E-state index < -0.39 is 17.3 Å². The average molecular weight is 325 g/mol. The minimum atomic E-state index is -0.868. The van der Waals surface area contributed by atoms with E-state index in [1.807, 2.05) is 45.0 Å². The fraction of sp³-hybridized carbons (Fsp3) is 0.300. The molecule has 126 valence electrons. The lowest BCUT2D eigenvalue weighted by Crippen LogP contribution is -2.34. The highest BCUT2D eigenvalue weighted by Gasteiger charge is 2.29. The molecule has 0 heterocycles. The third kappa shape index (κ3) is 3.82. The second-order valence-electron chi connectivity index (χ2n) is 6.63. The fourth-order valence-electron chi connectivity index (χ4n) is 2.39. The van der Waals surface area contributed by atoms with Crippen LogP contribution in [-0.4, -0.2) is 17.0 Å². The largest absolute Gasteiger partial charge is 0.481 e. The molecule has 2 N–H and O–H groups in total. The molecule has 2 aromatic rings. The molecule has 1 amide bonds. The maximum absolute atomic E-state index is 12.6. The third-order valence-electron chi connectivity index (χ3n) is 4.38. The van der Waals surface area contributed by atoms with Crippen LogP contribution >= 0.6 is 0 Å². The summed E-state index contributed by atoms with van der Waals surface area (Å²) in [6.07, 6.45) is 0. The summed E-state index contributed by atoms with van der Waals surface area (Å²) in [5, 5.41) is 11.9. The number of anilines is 1. The van der Waals surface area contributed by atoms with Crippen LogP contribution in [0.15, 0.2) is 48.5 Å². The van der Waals surface area contributed by atoms with Gasteiger partial charge in [-0.25, -0.2) is 0 Å². The first-order chi connectivity index (χ1) is 11.2. The Balaban J connectivity index is 2.13. The number of hydrogen-bond acceptors (Lipinski definition) is 2. The fourth-order valence-corrected chi connectivity index (χ4v) is 2.39. The average Bonchev–Trinajstić information content (AvgIpc) is 2.55. The number of aryl methyl sites for hydroxylation is 1. The first-order valence-corrected chi connectivity index (χ1v) is 7.93. The summed E-state index contributed by atoms with van der Waals surface area (Å²) < 4.78 is 0. The van der Waals surface area contributed by atoms with Crippen molar-refractivity contribution in [3.05, 3.63) is 65.2 Å². The molecule has 0 aliphatic heterocycles. The highest BCUT2D eigenvalue weighted by Crippen LogP contribution is 2.26. The van der Waals surface area contributed by atoms with Crippen molar-refractivity contribution in [3.63, 3.8) is 0 Å². The van der Waals surface area contributed by atoms with Gasteiger partial charge in [-0.2, -0.15) is 0 Å². The van der Waals surface area contributed by atoms with Gasteiger partial charge in [-0.1, -0.05) is 42.0 Å². The Hall–Kier alpha value is -2.62. The van der Waals surface area contributed by atoms with Gasteiger partial charge in [0.1, 0.15) is 0 Å². The topological polar surface area (TPSA) is 66.4 Å². The molecule has 2 aromatic carbocycles. The van der Waals surface area contributed by atoms with Crippen molar-refractivity contribution in [2.24, 2.45) is 0 Å². The number of hydrogen-bond donors (Lipinski definition) is 2. The van der Waals surface area contributed by atoms with Crippen LogP contribution in [0, 0.1) is 6.92 Å². The molecular weight excluding hydrogens is 302 g/mol. The Kier molecular flexibility index (Phi) is 5.07. The number of carbonyl (C=O) groups excluding carboxylic acids is 1. The van der Waals surface area contributed by atoms with Gasteiger partial charge in [0.25, 0.3) is 0 Å². The van der Waals surface area contributed by atoms with Crippen molar-refractivity contribution in [1.29, 1.82) is 0 Å². The zero-order valence-electron chi connectivity index (χ0n) is 14.5. The van der Waals surface area contributed by atoms with Crippen LogP contribution in [-0.2, 0) is 15.0 Å². The van der Waals surface area contributed by atoms with Gasteiger partial charge in [-0.15, -0.1) is 0 Å². The molecule has 24 heavy (non-hydrogen) atoms. The van der Waals surface area contributed by atoms with Crippen molar-refractivity contribution in [2.45, 2.75) is 39.0 Å². The van der Waals surface area contributed by atoms with Crippen molar-refractivity contribution < 1.29 is 14.7 Å². The van der Waals surface area contributed by atoms with Gasteiger partial charge in [0, 0.05) is 5.69 Å². The van der Waals surface area contributed by atoms with Crippen LogP contribution in [0.4, 0.5) is 5.69 Å². The van der Waals surface area contributed by atoms with Crippen LogP contribution in [0.2, 0.25) is 0 Å². The maximum Gasteiger partial charge on any atom is 0.310 e. The summed E-state index contributed by atoms with van der Waals surface area (Å²) in [6, 6.07) is 14.8. The molecule has 1 atom stereocenters. The van der Waals surface area contributed by atoms with Crippen molar-refractivity contribution in [3.8, 4) is 0 Å². The quantitative estimate of drug-likeness (QED) is 0.870. The highest BCUT2D eigenvalue weighted by molar-refractivity contribution is 5.98. The minimum absolute atomic E-state index is 0.106. The predicted molar refractivity (Wildman–Crippen MR) is 95.3 cm³/mol. The van der Waals surface area contributed by atoms with Crippen LogP contribution in [0.25, 0.3) is 0 Å². The van der Waals surface area contributed by atoms with Gasteiger partial charge in [-0.05, 0) is 51.0 Å². The molecule has 2 rings (SSSR count). The van der Waals surface area contributed by atoms with E-state index in [0.29, 0.717) is 11.3 Å². The Bertz CT molecular complexity index is 730. The van der Waals surface area contributed by atoms with Gasteiger partial charge in [0.05, 0.1) is 11.3 Å². The van der Waals surface area contributed by atoms with Crippen LogP contribution in [0.1, 0.15) is 43.4 Å². The summed E-state index contributed by atoms with van der Waals surface area (Å²) in [7, 11) is 0. The Morgan fingerprint density at radius 2 is 1.54 bits per heavy atom. The molecule has 4 heteroatoms. The van der Waals surface area contributed by atoms with E-state index >= 15 is 0 Å². The van der Waals surface area contributed by atoms with E-state index in [2.05, 4.69) is 5.32 Å². The molecule has 0 fully saturated rings. The molecule has 0 spiro atoms. The number of carbonyl (C=O) groups is 2. The van der Waals surface area contributed by atoms with E-state index in [9.17, 15) is 9.59 Å². The van der Waals surface area contributed by atoms with E-state index in [1.54, 1.807) is 31.2 Å².